The second kappa shape index (κ2) is 16.8. The Morgan fingerprint density at radius 3 is 2.52 bits per heavy atom. The van der Waals surface area contributed by atoms with Gasteiger partial charge in [0.05, 0.1) is 17.8 Å². The van der Waals surface area contributed by atoms with Gasteiger partial charge in [-0.1, -0.05) is 54.6 Å². The number of halogens is 3. The minimum Gasteiger partial charge on any atom is -0.491 e. The predicted octanol–water partition coefficient (Wildman–Crippen LogP) is 4.93. The summed E-state index contributed by atoms with van der Waals surface area (Å²) in [5, 5.41) is 40.6. The highest BCUT2D eigenvalue weighted by Gasteiger charge is 2.39. The molecule has 0 radical (unpaired) electrons. The Hall–Kier alpha value is -3.94. The number of esters is 1. The highest BCUT2D eigenvalue weighted by Crippen LogP contribution is 2.36. The number of unbranched alkanes of at least 4 members (excludes halogenated alkanes) is 1. The van der Waals surface area contributed by atoms with Crippen molar-refractivity contribution in [3.05, 3.63) is 99.6 Å². The van der Waals surface area contributed by atoms with Gasteiger partial charge in [0.2, 0.25) is 0 Å². The zero-order valence-electron chi connectivity index (χ0n) is 23.8. The second-order valence-electron chi connectivity index (χ2n) is 10.5. The first kappa shape index (κ1) is 34.5. The molecule has 0 saturated heterocycles. The third kappa shape index (κ3) is 11.6. The Bertz CT molecular complexity index is 1280. The molecule has 0 spiro atoms. The van der Waals surface area contributed by atoms with Gasteiger partial charge in [-0.3, -0.25) is 4.79 Å². The molecule has 10 nitrogen and oxygen atoms in total. The zero-order chi connectivity index (χ0) is 32.1. The van der Waals surface area contributed by atoms with Crippen LogP contribution in [-0.4, -0.2) is 51.3 Å². The van der Waals surface area contributed by atoms with Crippen molar-refractivity contribution in [2.75, 3.05) is 6.61 Å². The maximum Gasteiger partial charge on any atom is 0.416 e. The smallest absolute Gasteiger partial charge is 0.416 e. The average Bonchev–Trinajstić information content (AvgIpc) is 3.25. The minimum atomic E-state index is -4.51. The summed E-state index contributed by atoms with van der Waals surface area (Å²) in [7, 11) is 0. The minimum absolute atomic E-state index is 0.0316. The van der Waals surface area contributed by atoms with Crippen LogP contribution in [0.4, 0.5) is 13.2 Å². The summed E-state index contributed by atoms with van der Waals surface area (Å²) >= 11 is 0. The van der Waals surface area contributed by atoms with E-state index in [1.165, 1.54) is 18.2 Å². The van der Waals surface area contributed by atoms with Gasteiger partial charge in [0.25, 0.3) is 5.09 Å². The number of rotatable bonds is 16. The van der Waals surface area contributed by atoms with E-state index < -0.39 is 41.1 Å². The van der Waals surface area contributed by atoms with Crippen molar-refractivity contribution in [2.24, 2.45) is 11.8 Å². The van der Waals surface area contributed by atoms with Gasteiger partial charge in [0.15, 0.2) is 0 Å². The number of carbonyl (C=O) groups excluding carboxylic acids is 1. The third-order valence-electron chi connectivity index (χ3n) is 7.11. The molecule has 13 heteroatoms. The molecule has 240 valence electrons. The van der Waals surface area contributed by atoms with Gasteiger partial charge >= 0.3 is 12.1 Å². The molecule has 5 atom stereocenters. The number of aliphatic hydroxyl groups excluding tert-OH is 3. The molecule has 2 aromatic carbocycles. The quantitative estimate of drug-likeness (QED) is 0.0778. The molecule has 0 bridgehead atoms. The highest BCUT2D eigenvalue weighted by atomic mass is 19.4. The molecule has 0 aliphatic heterocycles. The first-order chi connectivity index (χ1) is 20.9. The highest BCUT2D eigenvalue weighted by molar-refractivity contribution is 5.69. The summed E-state index contributed by atoms with van der Waals surface area (Å²) in [5.41, 5.74) is 0.402. The monoisotopic (exact) mass is 623 g/mol. The lowest BCUT2D eigenvalue weighted by molar-refractivity contribution is -0.763. The molecule has 1 aliphatic rings. The first-order valence-corrected chi connectivity index (χ1v) is 14.1. The summed E-state index contributed by atoms with van der Waals surface area (Å²) in [6.07, 6.45) is 1.42. The van der Waals surface area contributed by atoms with Crippen LogP contribution in [0.25, 0.3) is 0 Å². The molecule has 3 N–H and O–H groups in total. The van der Waals surface area contributed by atoms with E-state index in [0.717, 1.165) is 12.1 Å². The number of allylic oxidation sites excluding steroid dienone is 2. The van der Waals surface area contributed by atoms with Gasteiger partial charge < -0.3 is 29.6 Å². The van der Waals surface area contributed by atoms with Crippen molar-refractivity contribution in [3.8, 4) is 5.75 Å². The normalized spacial score (nSPS) is 21.0. The van der Waals surface area contributed by atoms with E-state index in [9.17, 15) is 43.4 Å². The van der Waals surface area contributed by atoms with Crippen molar-refractivity contribution in [1.82, 2.24) is 0 Å². The van der Waals surface area contributed by atoms with Crippen molar-refractivity contribution < 1.29 is 52.7 Å². The van der Waals surface area contributed by atoms with E-state index >= 15 is 0 Å². The van der Waals surface area contributed by atoms with E-state index in [0.29, 0.717) is 30.4 Å². The van der Waals surface area contributed by atoms with Crippen LogP contribution in [0.15, 0.2) is 72.8 Å². The van der Waals surface area contributed by atoms with Crippen LogP contribution < -0.4 is 4.74 Å². The van der Waals surface area contributed by atoms with Gasteiger partial charge in [-0.15, -0.1) is 10.1 Å². The Labute approximate surface area is 252 Å². The number of ether oxygens (including phenoxy) is 2. The standard InChI is InChI=1S/C31H36F3NO9/c32-31(33,34)23-9-6-10-25(16-23)42-20-24(36)13-14-27-26(28(37)17-29(27)38)11-3-1-2-4-12-30(39)43-18-21-7-5-8-22(15-21)19-44-35(40)41/h1,3,5-10,13-16,24,26-29,36-38H,2,4,11-12,17-20H2/t24-,26-,27-,28+,29-/m1/s1. The second-order valence-corrected chi connectivity index (χ2v) is 10.5. The molecular formula is C31H36F3NO9. The van der Waals surface area contributed by atoms with Gasteiger partial charge in [-0.2, -0.15) is 13.2 Å². The van der Waals surface area contributed by atoms with Crippen molar-refractivity contribution in [2.45, 2.75) is 69.8 Å². The van der Waals surface area contributed by atoms with E-state index in [-0.39, 0.29) is 50.3 Å². The number of carbonyl (C=O) groups is 1. The van der Waals surface area contributed by atoms with Crippen LogP contribution in [-0.2, 0) is 33.8 Å². The molecule has 0 aromatic heterocycles. The van der Waals surface area contributed by atoms with Gasteiger partial charge in [-0.05, 0) is 54.5 Å². The van der Waals surface area contributed by atoms with Crippen molar-refractivity contribution in [1.29, 1.82) is 0 Å². The summed E-state index contributed by atoms with van der Waals surface area (Å²) in [4.78, 5) is 26.8. The molecule has 44 heavy (non-hydrogen) atoms. The molecule has 1 saturated carbocycles. The van der Waals surface area contributed by atoms with Crippen LogP contribution in [0, 0.1) is 22.0 Å². The van der Waals surface area contributed by atoms with Crippen LogP contribution in [0.2, 0.25) is 0 Å². The molecule has 0 amide bonds. The molecule has 1 fully saturated rings. The van der Waals surface area contributed by atoms with Crippen LogP contribution >= 0.6 is 0 Å². The van der Waals surface area contributed by atoms with Gasteiger partial charge in [-0.25, -0.2) is 0 Å². The Kier molecular flexibility index (Phi) is 13.2. The Morgan fingerprint density at radius 1 is 1.07 bits per heavy atom. The maximum atomic E-state index is 12.9. The number of aliphatic hydroxyl groups is 3. The number of hydrogen-bond donors (Lipinski definition) is 3. The molecular weight excluding hydrogens is 587 g/mol. The fourth-order valence-electron chi connectivity index (χ4n) is 4.87. The Balaban J connectivity index is 1.38. The van der Waals surface area contributed by atoms with Crippen molar-refractivity contribution >= 4 is 5.97 Å². The fraction of sp³-hybridized carbons (Fsp3) is 0.452. The summed E-state index contributed by atoms with van der Waals surface area (Å²) < 4.78 is 49.2. The number of benzene rings is 2. The number of nitrogens with zero attached hydrogens (tertiary/aromatic N) is 1. The maximum absolute atomic E-state index is 12.9. The largest absolute Gasteiger partial charge is 0.491 e. The summed E-state index contributed by atoms with van der Waals surface area (Å²) in [5.74, 6) is -1.18. The van der Waals surface area contributed by atoms with Gasteiger partial charge in [0, 0.05) is 18.8 Å². The van der Waals surface area contributed by atoms with Gasteiger partial charge in [0.1, 0.15) is 31.7 Å². The van der Waals surface area contributed by atoms with E-state index in [1.807, 2.05) is 12.2 Å². The van der Waals surface area contributed by atoms with E-state index in [4.69, 9.17) is 9.47 Å². The van der Waals surface area contributed by atoms with E-state index in [1.54, 1.807) is 30.3 Å². The lowest BCUT2D eigenvalue weighted by Crippen LogP contribution is -2.21. The topological polar surface area (TPSA) is 149 Å². The zero-order valence-corrected chi connectivity index (χ0v) is 23.8. The van der Waals surface area contributed by atoms with Crippen LogP contribution in [0.5, 0.6) is 5.75 Å². The molecule has 0 heterocycles. The molecule has 3 rings (SSSR count). The molecule has 2 aromatic rings. The molecule has 1 aliphatic carbocycles. The lowest BCUT2D eigenvalue weighted by Gasteiger charge is -2.19. The van der Waals surface area contributed by atoms with Crippen molar-refractivity contribution in [3.63, 3.8) is 0 Å². The average molecular weight is 624 g/mol. The number of alkyl halides is 3. The summed E-state index contributed by atoms with van der Waals surface area (Å²) in [6.45, 7) is -0.455. The predicted molar refractivity (Wildman–Crippen MR) is 151 cm³/mol. The third-order valence-corrected chi connectivity index (χ3v) is 7.11. The Morgan fingerprint density at radius 2 is 1.80 bits per heavy atom. The fourth-order valence-corrected chi connectivity index (χ4v) is 4.87. The van der Waals surface area contributed by atoms with E-state index in [2.05, 4.69) is 4.84 Å². The summed E-state index contributed by atoms with van der Waals surface area (Å²) in [6, 6.07) is 11.1. The first-order valence-electron chi connectivity index (χ1n) is 14.1. The SMILES string of the molecule is O=C(CCCC=CC[C@@H]1[C@@H](C=C[C@@H](O)COc2cccc(C(F)(F)F)c2)[C@H](O)C[C@@H]1O)OCc1cccc(CO[N+](=O)[O-])c1. The lowest BCUT2D eigenvalue weighted by atomic mass is 9.89. The van der Waals surface area contributed by atoms with Crippen LogP contribution in [0.3, 0.4) is 0 Å². The number of hydrogen-bond acceptors (Lipinski definition) is 9. The van der Waals surface area contributed by atoms with Crippen LogP contribution in [0.1, 0.15) is 48.8 Å². The molecule has 0 unspecified atom stereocenters.